The first kappa shape index (κ1) is 14.8. The summed E-state index contributed by atoms with van der Waals surface area (Å²) >= 11 is 0. The van der Waals surface area contributed by atoms with Gasteiger partial charge in [0.1, 0.15) is 5.82 Å². The van der Waals surface area contributed by atoms with Crippen LogP contribution in [0.4, 0.5) is 17.6 Å². The van der Waals surface area contributed by atoms with Gasteiger partial charge in [0, 0.05) is 18.7 Å². The lowest BCUT2D eigenvalue weighted by Gasteiger charge is -2.30. The predicted octanol–water partition coefficient (Wildman–Crippen LogP) is 2.44. The summed E-state index contributed by atoms with van der Waals surface area (Å²) in [5.41, 5.74) is -1.69. The largest absolute Gasteiger partial charge is 0.419 e. The van der Waals surface area contributed by atoms with Gasteiger partial charge in [-0.3, -0.25) is 4.79 Å². The van der Waals surface area contributed by atoms with Crippen molar-refractivity contribution in [3.63, 3.8) is 0 Å². The fourth-order valence-electron chi connectivity index (χ4n) is 2.20. The number of β-amino-alcohol motifs (C(OH)–C–C–N with tert-alkyl or cyclic N) is 1. The van der Waals surface area contributed by atoms with Gasteiger partial charge in [0.2, 0.25) is 0 Å². The normalized spacial score (nSPS) is 20.1. The van der Waals surface area contributed by atoms with Crippen LogP contribution < -0.4 is 0 Å². The van der Waals surface area contributed by atoms with Crippen LogP contribution in [0.2, 0.25) is 0 Å². The average Bonchev–Trinajstić information content (AvgIpc) is 2.37. The Bertz CT molecular complexity index is 516. The minimum Gasteiger partial charge on any atom is -0.391 e. The maximum Gasteiger partial charge on any atom is 0.419 e. The molecule has 1 amide bonds. The molecule has 1 aromatic rings. The van der Waals surface area contributed by atoms with E-state index in [1.807, 2.05) is 0 Å². The number of alkyl halides is 3. The molecule has 0 aromatic heterocycles. The molecule has 1 aromatic carbocycles. The smallest absolute Gasteiger partial charge is 0.391 e. The van der Waals surface area contributed by atoms with Crippen molar-refractivity contribution in [1.29, 1.82) is 0 Å². The Labute approximate surface area is 112 Å². The van der Waals surface area contributed by atoms with Crippen molar-refractivity contribution in [3.8, 4) is 0 Å². The molecule has 0 aliphatic carbocycles. The second-order valence-electron chi connectivity index (χ2n) is 4.74. The Balaban J connectivity index is 2.26. The molecular weight excluding hydrogens is 278 g/mol. The summed E-state index contributed by atoms with van der Waals surface area (Å²) in [6.07, 6.45) is -4.38. The lowest BCUT2D eigenvalue weighted by Crippen LogP contribution is -2.42. The fourth-order valence-corrected chi connectivity index (χ4v) is 2.20. The average molecular weight is 291 g/mol. The number of hydrogen-bond acceptors (Lipinski definition) is 2. The Hall–Kier alpha value is -1.63. The van der Waals surface area contributed by atoms with Crippen LogP contribution in [0.3, 0.4) is 0 Å². The highest BCUT2D eigenvalue weighted by atomic mass is 19.4. The van der Waals surface area contributed by atoms with Crippen molar-refractivity contribution in [2.24, 2.45) is 0 Å². The van der Waals surface area contributed by atoms with Gasteiger partial charge in [-0.1, -0.05) is 0 Å². The van der Waals surface area contributed by atoms with Gasteiger partial charge >= 0.3 is 6.18 Å². The Morgan fingerprint density at radius 1 is 1.35 bits per heavy atom. The number of nitrogens with zero attached hydrogens (tertiary/aromatic N) is 1. The van der Waals surface area contributed by atoms with E-state index in [1.54, 1.807) is 0 Å². The molecule has 1 heterocycles. The number of rotatable bonds is 1. The zero-order valence-corrected chi connectivity index (χ0v) is 10.5. The lowest BCUT2D eigenvalue weighted by molar-refractivity contribution is -0.140. The summed E-state index contributed by atoms with van der Waals surface area (Å²) in [4.78, 5) is 13.3. The number of aliphatic hydroxyl groups is 1. The van der Waals surface area contributed by atoms with E-state index >= 15 is 0 Å². The summed E-state index contributed by atoms with van der Waals surface area (Å²) in [7, 11) is 0. The third kappa shape index (κ3) is 3.09. The highest BCUT2D eigenvalue weighted by Crippen LogP contribution is 2.32. The van der Waals surface area contributed by atoms with Crippen molar-refractivity contribution >= 4 is 5.91 Å². The van der Waals surface area contributed by atoms with E-state index in [0.29, 0.717) is 31.5 Å². The Kier molecular flexibility index (Phi) is 3.99. The quantitative estimate of drug-likeness (QED) is 0.807. The maximum atomic E-state index is 13.1. The van der Waals surface area contributed by atoms with Crippen LogP contribution in [0.25, 0.3) is 0 Å². The number of halogens is 4. The molecule has 0 saturated carbocycles. The molecule has 0 bridgehead atoms. The molecule has 1 fully saturated rings. The summed E-state index contributed by atoms with van der Waals surface area (Å²) in [5.74, 6) is -2.04. The molecule has 3 nitrogen and oxygen atoms in total. The highest BCUT2D eigenvalue weighted by molar-refractivity contribution is 5.94. The summed E-state index contributed by atoms with van der Waals surface area (Å²) in [6, 6.07) is 2.17. The lowest BCUT2D eigenvalue weighted by atomic mass is 10.0. The maximum absolute atomic E-state index is 13.1. The molecule has 0 spiro atoms. The monoisotopic (exact) mass is 291 g/mol. The first-order chi connectivity index (χ1) is 9.29. The van der Waals surface area contributed by atoms with Crippen molar-refractivity contribution in [2.75, 3.05) is 13.1 Å². The van der Waals surface area contributed by atoms with E-state index in [1.165, 1.54) is 4.90 Å². The van der Waals surface area contributed by atoms with Crippen molar-refractivity contribution < 1.29 is 27.5 Å². The van der Waals surface area contributed by atoms with Gasteiger partial charge in [-0.25, -0.2) is 4.39 Å². The molecule has 1 aliphatic rings. The SMILES string of the molecule is O=C(c1ccc(F)c(C(F)(F)F)c1)N1CCCC(O)C1. The fraction of sp³-hybridized carbons (Fsp3) is 0.462. The van der Waals surface area contributed by atoms with Gasteiger partial charge in [-0.15, -0.1) is 0 Å². The second-order valence-corrected chi connectivity index (χ2v) is 4.74. The minimum atomic E-state index is -4.85. The number of benzene rings is 1. The van der Waals surface area contributed by atoms with Gasteiger partial charge in [-0.2, -0.15) is 13.2 Å². The first-order valence-electron chi connectivity index (χ1n) is 6.13. The Morgan fingerprint density at radius 2 is 2.05 bits per heavy atom. The molecule has 2 rings (SSSR count). The topological polar surface area (TPSA) is 40.5 Å². The second kappa shape index (κ2) is 5.40. The molecule has 1 saturated heterocycles. The predicted molar refractivity (Wildman–Crippen MR) is 62.5 cm³/mol. The van der Waals surface area contributed by atoms with Crippen LogP contribution in [0.1, 0.15) is 28.8 Å². The molecule has 20 heavy (non-hydrogen) atoms. The van der Waals surface area contributed by atoms with Crippen LogP contribution in [-0.4, -0.2) is 35.1 Å². The van der Waals surface area contributed by atoms with E-state index in [4.69, 9.17) is 0 Å². The molecule has 110 valence electrons. The molecule has 1 unspecified atom stereocenters. The highest BCUT2D eigenvalue weighted by Gasteiger charge is 2.35. The number of piperidine rings is 1. The van der Waals surface area contributed by atoms with Crippen molar-refractivity contribution in [1.82, 2.24) is 4.90 Å². The van der Waals surface area contributed by atoms with E-state index < -0.39 is 29.6 Å². The molecular formula is C13H13F4NO2. The Morgan fingerprint density at radius 3 is 2.65 bits per heavy atom. The summed E-state index contributed by atoms with van der Waals surface area (Å²) in [5, 5.41) is 9.47. The number of carbonyl (C=O) groups is 1. The zero-order chi connectivity index (χ0) is 14.9. The molecule has 1 N–H and O–H groups in total. The minimum absolute atomic E-state index is 0.0809. The van der Waals surface area contributed by atoms with E-state index in [0.717, 1.165) is 6.07 Å². The van der Waals surface area contributed by atoms with Gasteiger partial charge in [0.05, 0.1) is 11.7 Å². The van der Waals surface area contributed by atoms with E-state index in [9.17, 15) is 27.5 Å². The van der Waals surface area contributed by atoms with Gasteiger partial charge in [0.15, 0.2) is 0 Å². The molecule has 1 aliphatic heterocycles. The number of carbonyl (C=O) groups excluding carboxylic acids is 1. The van der Waals surface area contributed by atoms with Crippen LogP contribution in [0, 0.1) is 5.82 Å². The van der Waals surface area contributed by atoms with Crippen LogP contribution >= 0.6 is 0 Å². The van der Waals surface area contributed by atoms with Crippen molar-refractivity contribution in [2.45, 2.75) is 25.1 Å². The molecule has 7 heteroatoms. The number of likely N-dealkylation sites (tertiary alicyclic amines) is 1. The third-order valence-corrected chi connectivity index (χ3v) is 3.20. The van der Waals surface area contributed by atoms with Gasteiger partial charge in [0.25, 0.3) is 5.91 Å². The number of aliphatic hydroxyl groups excluding tert-OH is 1. The summed E-state index contributed by atoms with van der Waals surface area (Å²) < 4.78 is 50.9. The number of hydrogen-bond donors (Lipinski definition) is 1. The number of amides is 1. The van der Waals surface area contributed by atoms with Crippen LogP contribution in [0.15, 0.2) is 18.2 Å². The molecule has 1 atom stereocenters. The molecule has 0 radical (unpaired) electrons. The van der Waals surface area contributed by atoms with Crippen LogP contribution in [0.5, 0.6) is 0 Å². The standard InChI is InChI=1S/C13H13F4NO2/c14-11-4-3-8(6-10(11)13(15,16)17)12(20)18-5-1-2-9(19)7-18/h3-4,6,9,19H,1-2,5,7H2. The van der Waals surface area contributed by atoms with E-state index in [2.05, 4.69) is 0 Å². The first-order valence-corrected chi connectivity index (χ1v) is 6.13. The van der Waals surface area contributed by atoms with Gasteiger partial charge < -0.3 is 10.0 Å². The van der Waals surface area contributed by atoms with Crippen molar-refractivity contribution in [3.05, 3.63) is 35.1 Å². The van der Waals surface area contributed by atoms with E-state index in [-0.39, 0.29) is 12.1 Å². The third-order valence-electron chi connectivity index (χ3n) is 3.20. The van der Waals surface area contributed by atoms with Gasteiger partial charge in [-0.05, 0) is 31.0 Å². The van der Waals surface area contributed by atoms with Crippen LogP contribution in [-0.2, 0) is 6.18 Å². The summed E-state index contributed by atoms with van der Waals surface area (Å²) in [6.45, 7) is 0.451. The zero-order valence-electron chi connectivity index (χ0n) is 10.5.